The molecule has 2 aromatic carbocycles. The molecule has 2 aromatic rings. The molecule has 0 spiro atoms. The summed E-state index contributed by atoms with van der Waals surface area (Å²) in [6, 6.07) is 6.27. The average molecular weight is 603 g/mol. The van der Waals surface area contributed by atoms with Crippen LogP contribution in [0.25, 0.3) is 0 Å². The van der Waals surface area contributed by atoms with E-state index in [1.165, 1.54) is 39.0 Å². The van der Waals surface area contributed by atoms with Crippen molar-refractivity contribution in [3.8, 4) is 23.0 Å². The van der Waals surface area contributed by atoms with Crippen LogP contribution < -0.4 is 20.1 Å². The number of ether oxygens (including phenoxy) is 2. The third-order valence-corrected chi connectivity index (χ3v) is 7.10. The largest absolute Gasteiger partial charge is 0.504 e. The highest BCUT2D eigenvalue weighted by Gasteiger charge is 2.19. The number of nitrogens with one attached hydrogen (secondary N) is 2. The minimum atomic E-state index is -0.219. The van der Waals surface area contributed by atoms with Gasteiger partial charge < -0.3 is 40.1 Å². The van der Waals surface area contributed by atoms with Crippen molar-refractivity contribution in [3.63, 3.8) is 0 Å². The van der Waals surface area contributed by atoms with E-state index in [2.05, 4.69) is 30.4 Å². The molecule has 0 bridgehead atoms. The van der Waals surface area contributed by atoms with Crippen molar-refractivity contribution in [2.45, 2.75) is 12.8 Å². The van der Waals surface area contributed by atoms with E-state index in [1.807, 2.05) is 26.2 Å². The Morgan fingerprint density at radius 3 is 1.52 bits per heavy atom. The van der Waals surface area contributed by atoms with Crippen LogP contribution in [0.1, 0.15) is 24.0 Å². The molecule has 0 radical (unpaired) electrons. The zero-order chi connectivity index (χ0) is 31.6. The van der Waals surface area contributed by atoms with Crippen molar-refractivity contribution in [3.05, 3.63) is 71.1 Å². The number of anilines is 2. The van der Waals surface area contributed by atoms with Crippen LogP contribution in [0.3, 0.4) is 0 Å². The Morgan fingerprint density at radius 2 is 1.16 bits per heavy atom. The van der Waals surface area contributed by atoms with Crippen molar-refractivity contribution >= 4 is 35.6 Å². The Balaban J connectivity index is 1.45. The van der Waals surface area contributed by atoms with Crippen LogP contribution in [-0.4, -0.2) is 98.8 Å². The first-order valence-corrected chi connectivity index (χ1v) is 14.1. The highest BCUT2D eigenvalue weighted by molar-refractivity contribution is 6.05. The highest BCUT2D eigenvalue weighted by atomic mass is 16.5. The molecule has 0 aliphatic carbocycles. The third-order valence-electron chi connectivity index (χ3n) is 7.10. The van der Waals surface area contributed by atoms with Crippen LogP contribution >= 0.6 is 0 Å². The van der Waals surface area contributed by atoms with Crippen molar-refractivity contribution in [1.82, 2.24) is 9.80 Å². The number of amides is 2. The summed E-state index contributed by atoms with van der Waals surface area (Å²) in [6.07, 6.45) is 11.0. The van der Waals surface area contributed by atoms with Crippen LogP contribution in [-0.2, 0) is 9.59 Å². The molecule has 12 nitrogen and oxygen atoms in total. The van der Waals surface area contributed by atoms with Crippen LogP contribution in [0.2, 0.25) is 0 Å². The first-order chi connectivity index (χ1) is 21.2. The second kappa shape index (κ2) is 15.0. The number of phenols is 2. The number of hydrogen-bond acceptors (Lipinski definition) is 10. The van der Waals surface area contributed by atoms with Crippen molar-refractivity contribution < 1.29 is 29.3 Å². The second-order valence-corrected chi connectivity index (χ2v) is 10.5. The molecule has 12 heteroatoms. The number of rotatable bonds is 10. The minimum Gasteiger partial charge on any atom is -0.504 e. The van der Waals surface area contributed by atoms with Gasteiger partial charge in [-0.2, -0.15) is 0 Å². The summed E-state index contributed by atoms with van der Waals surface area (Å²) in [5, 5.41) is 26.9. The third kappa shape index (κ3) is 8.33. The maximum absolute atomic E-state index is 12.8. The number of aromatic hydroxyl groups is 2. The number of hydrogen-bond donors (Lipinski definition) is 4. The zero-order valence-electron chi connectivity index (χ0n) is 25.3. The van der Waals surface area contributed by atoms with Crippen molar-refractivity contribution in [1.29, 1.82) is 0 Å². The number of aliphatic imine (C=N–C) groups is 2. The monoisotopic (exact) mass is 602 g/mol. The Bertz CT molecular complexity index is 1430. The van der Waals surface area contributed by atoms with Crippen LogP contribution in [0.4, 0.5) is 11.4 Å². The minimum absolute atomic E-state index is 0.130. The van der Waals surface area contributed by atoms with Gasteiger partial charge in [-0.25, -0.2) is 0 Å². The van der Waals surface area contributed by atoms with Gasteiger partial charge in [-0.3, -0.25) is 19.6 Å². The van der Waals surface area contributed by atoms with Crippen LogP contribution in [0, 0.1) is 0 Å². The number of likely N-dealkylation sites (N-methyl/N-ethyl adjacent to an activating group) is 2. The van der Waals surface area contributed by atoms with Gasteiger partial charge in [0.25, 0.3) is 11.8 Å². The van der Waals surface area contributed by atoms with Gasteiger partial charge in [0.2, 0.25) is 0 Å². The summed E-state index contributed by atoms with van der Waals surface area (Å²) in [7, 11) is 6.77. The average Bonchev–Trinajstić information content (AvgIpc) is 3.01. The van der Waals surface area contributed by atoms with Crippen molar-refractivity contribution in [2.24, 2.45) is 9.98 Å². The Hall–Kier alpha value is -4.94. The fourth-order valence-electron chi connectivity index (χ4n) is 4.77. The lowest BCUT2D eigenvalue weighted by Crippen LogP contribution is -2.30. The van der Waals surface area contributed by atoms with Gasteiger partial charge in [-0.05, 0) is 39.1 Å². The van der Waals surface area contributed by atoms with E-state index in [-0.39, 0.29) is 34.8 Å². The SMILES string of the molecule is COc1cc(NC(=O)C2=CCCN(C)C2)cc(C=NC=CN=Cc2cc(NC(=O)C3=CCCN(C)C3)cc(OC)c2O)c1O. The molecule has 2 heterocycles. The molecule has 0 fully saturated rings. The van der Waals surface area contributed by atoms with E-state index >= 15 is 0 Å². The molecular formula is C32H38N6O6. The normalized spacial score (nSPS) is 16.3. The second-order valence-electron chi connectivity index (χ2n) is 10.5. The van der Waals surface area contributed by atoms with Gasteiger partial charge in [0.1, 0.15) is 0 Å². The number of nitrogens with zero attached hydrogens (tertiary/aromatic N) is 4. The number of methoxy groups -OCH3 is 2. The van der Waals surface area contributed by atoms with Gasteiger partial charge in [0.15, 0.2) is 23.0 Å². The standard InChI is InChI=1S/C32H38N6O6/c1-37-11-5-7-21(19-37)31(41)35-25-13-23(29(39)27(15-25)43-3)17-33-9-10-34-18-24-14-26(16-28(44-4)30(24)40)36-32(42)22-8-6-12-38(2)20-22/h7-10,13-18,39-40H,5-6,11-12,19-20H2,1-4H3,(H,35,41)(H,36,42). The first-order valence-electron chi connectivity index (χ1n) is 14.1. The van der Waals surface area contributed by atoms with E-state index in [0.717, 1.165) is 25.9 Å². The first kappa shape index (κ1) is 32.0. The summed E-state index contributed by atoms with van der Waals surface area (Å²) in [5.74, 6) is -0.329. The van der Waals surface area contributed by atoms with Crippen molar-refractivity contribution in [2.75, 3.05) is 65.1 Å². The van der Waals surface area contributed by atoms with Gasteiger partial charge in [0.05, 0.1) is 14.2 Å². The predicted molar refractivity (Wildman–Crippen MR) is 171 cm³/mol. The van der Waals surface area contributed by atoms with Gasteiger partial charge >= 0.3 is 0 Å². The molecule has 0 unspecified atom stereocenters. The lowest BCUT2D eigenvalue weighted by atomic mass is 10.1. The van der Waals surface area contributed by atoms with E-state index < -0.39 is 0 Å². The quantitative estimate of drug-likeness (QED) is 0.239. The van der Waals surface area contributed by atoms with Gasteiger partial charge in [0, 0.05) is 96.8 Å². The number of carbonyl (C=O) groups excluding carboxylic acids is 2. The topological polar surface area (TPSA) is 148 Å². The molecule has 0 aromatic heterocycles. The van der Waals surface area contributed by atoms with E-state index in [4.69, 9.17) is 9.47 Å². The molecular weight excluding hydrogens is 564 g/mol. The lowest BCUT2D eigenvalue weighted by Gasteiger charge is -2.22. The predicted octanol–water partition coefficient (Wildman–Crippen LogP) is 3.53. The summed E-state index contributed by atoms with van der Waals surface area (Å²) < 4.78 is 10.5. The number of phenolic OH excluding ortho intramolecular Hbond substituents is 2. The highest BCUT2D eigenvalue weighted by Crippen LogP contribution is 2.34. The van der Waals surface area contributed by atoms with Gasteiger partial charge in [-0.15, -0.1) is 0 Å². The number of carbonyl (C=O) groups is 2. The summed E-state index contributed by atoms with van der Waals surface area (Å²) in [5.41, 5.74) is 2.90. The Labute approximate surface area is 256 Å². The molecule has 232 valence electrons. The molecule has 2 amide bonds. The maximum Gasteiger partial charge on any atom is 0.252 e. The van der Waals surface area contributed by atoms with Gasteiger partial charge in [-0.1, -0.05) is 12.2 Å². The Morgan fingerprint density at radius 1 is 0.750 bits per heavy atom. The molecule has 44 heavy (non-hydrogen) atoms. The van der Waals surface area contributed by atoms with E-state index in [0.29, 0.717) is 46.7 Å². The van der Waals surface area contributed by atoms with E-state index in [9.17, 15) is 19.8 Å². The molecule has 0 saturated heterocycles. The maximum atomic E-state index is 12.8. The Kier molecular flexibility index (Phi) is 10.9. The molecule has 4 N–H and O–H groups in total. The zero-order valence-corrected chi connectivity index (χ0v) is 25.3. The molecule has 0 saturated carbocycles. The summed E-state index contributed by atoms with van der Waals surface area (Å²) >= 11 is 0. The molecule has 4 rings (SSSR count). The molecule has 0 atom stereocenters. The molecule has 2 aliphatic heterocycles. The summed E-state index contributed by atoms with van der Waals surface area (Å²) in [6.45, 7) is 2.91. The van der Waals surface area contributed by atoms with Crippen LogP contribution in [0.15, 0.2) is 69.9 Å². The van der Waals surface area contributed by atoms with E-state index in [1.54, 1.807) is 24.3 Å². The molecule has 2 aliphatic rings. The lowest BCUT2D eigenvalue weighted by molar-refractivity contribution is -0.114. The fraction of sp³-hybridized carbons (Fsp3) is 0.312. The summed E-state index contributed by atoms with van der Waals surface area (Å²) in [4.78, 5) is 38.0. The number of benzene rings is 2. The smallest absolute Gasteiger partial charge is 0.252 e. The van der Waals surface area contributed by atoms with Crippen LogP contribution in [0.5, 0.6) is 23.0 Å². The fourth-order valence-corrected chi connectivity index (χ4v) is 4.77.